The molecule has 0 spiro atoms. The highest BCUT2D eigenvalue weighted by atomic mass is 16.5. The number of nitrogens with one attached hydrogen (secondary N) is 1. The normalized spacial score (nSPS) is 22.2. The summed E-state index contributed by atoms with van der Waals surface area (Å²) < 4.78 is 5.58. The summed E-state index contributed by atoms with van der Waals surface area (Å²) in [6, 6.07) is 5.05. The second kappa shape index (κ2) is 6.58. The van der Waals surface area contributed by atoms with Crippen LogP contribution in [-0.2, 0) is 16.6 Å². The number of amides is 2. The fraction of sp³-hybridized carbons (Fsp3) is 0.529. The number of carbonyl (C=O) groups is 2. The lowest BCUT2D eigenvalue weighted by Crippen LogP contribution is -2.60. The average molecular weight is 320 g/mol. The topological polar surface area (TPSA) is 102 Å². The van der Waals surface area contributed by atoms with Crippen LogP contribution in [0.3, 0.4) is 0 Å². The molecule has 0 aliphatic heterocycles. The van der Waals surface area contributed by atoms with Crippen LogP contribution >= 0.6 is 0 Å². The van der Waals surface area contributed by atoms with Gasteiger partial charge in [-0.15, -0.1) is 0 Å². The number of fused-ring (bicyclic) bond motifs is 1. The molecule has 1 aromatic rings. The van der Waals surface area contributed by atoms with Crippen LogP contribution in [0.4, 0.5) is 4.79 Å². The Morgan fingerprint density at radius 3 is 2.52 bits per heavy atom. The third kappa shape index (κ3) is 2.91. The Hall–Kier alpha value is -2.08. The standard InChI is InChI=1S/C17H24N2O4/c1-4-17(5-2)12-8-11(15(18)20)7-6-10(12)9-13(23-3)14(17)19-16(21)22/h6-8,13-14,19H,4-5,9H2,1-3H3,(H2,18,20)(H,21,22)/t13-,14-/m1/s1. The van der Waals surface area contributed by atoms with E-state index >= 15 is 0 Å². The van der Waals surface area contributed by atoms with Gasteiger partial charge in [-0.2, -0.15) is 0 Å². The van der Waals surface area contributed by atoms with Crippen LogP contribution in [0.5, 0.6) is 0 Å². The minimum Gasteiger partial charge on any atom is -0.465 e. The summed E-state index contributed by atoms with van der Waals surface area (Å²) in [7, 11) is 1.60. The van der Waals surface area contributed by atoms with Gasteiger partial charge >= 0.3 is 6.09 Å². The zero-order chi connectivity index (χ0) is 17.2. The molecule has 0 unspecified atom stereocenters. The molecule has 0 heterocycles. The third-order valence-electron chi connectivity index (χ3n) is 5.16. The lowest BCUT2D eigenvalue weighted by Gasteiger charge is -2.48. The highest BCUT2D eigenvalue weighted by molar-refractivity contribution is 5.93. The first-order chi connectivity index (χ1) is 10.9. The first-order valence-corrected chi connectivity index (χ1v) is 7.85. The van der Waals surface area contributed by atoms with Gasteiger partial charge in [0.15, 0.2) is 0 Å². The van der Waals surface area contributed by atoms with E-state index in [9.17, 15) is 14.7 Å². The Morgan fingerprint density at radius 1 is 1.39 bits per heavy atom. The predicted octanol–water partition coefficient (Wildman–Crippen LogP) is 2.05. The predicted molar refractivity (Wildman–Crippen MR) is 86.7 cm³/mol. The molecule has 6 heteroatoms. The lowest BCUT2D eigenvalue weighted by atomic mass is 9.62. The Kier molecular flexibility index (Phi) is 4.94. The van der Waals surface area contributed by atoms with Gasteiger partial charge < -0.3 is 20.9 Å². The fourth-order valence-electron chi connectivity index (χ4n) is 3.88. The maximum absolute atomic E-state index is 11.5. The molecule has 0 saturated heterocycles. The van der Waals surface area contributed by atoms with Crippen molar-refractivity contribution < 1.29 is 19.4 Å². The molecule has 0 saturated carbocycles. The van der Waals surface area contributed by atoms with E-state index < -0.39 is 17.4 Å². The second-order valence-electron chi connectivity index (χ2n) is 6.00. The van der Waals surface area contributed by atoms with Crippen LogP contribution in [0.15, 0.2) is 18.2 Å². The van der Waals surface area contributed by atoms with Crippen molar-refractivity contribution in [3.63, 3.8) is 0 Å². The van der Waals surface area contributed by atoms with Crippen LogP contribution in [0.2, 0.25) is 0 Å². The highest BCUT2D eigenvalue weighted by Crippen LogP contribution is 2.44. The molecule has 23 heavy (non-hydrogen) atoms. The largest absolute Gasteiger partial charge is 0.465 e. The minimum atomic E-state index is -1.07. The van der Waals surface area contributed by atoms with Crippen molar-refractivity contribution >= 4 is 12.0 Å². The van der Waals surface area contributed by atoms with E-state index in [1.165, 1.54) is 0 Å². The summed E-state index contributed by atoms with van der Waals surface area (Å²) in [5.74, 6) is -0.481. The Labute approximate surface area is 136 Å². The van der Waals surface area contributed by atoms with Crippen molar-refractivity contribution in [3.8, 4) is 0 Å². The highest BCUT2D eigenvalue weighted by Gasteiger charge is 2.47. The maximum Gasteiger partial charge on any atom is 0.404 e. The van der Waals surface area contributed by atoms with Crippen LogP contribution in [0, 0.1) is 0 Å². The third-order valence-corrected chi connectivity index (χ3v) is 5.16. The van der Waals surface area contributed by atoms with Crippen molar-refractivity contribution in [2.45, 2.75) is 50.7 Å². The summed E-state index contributed by atoms with van der Waals surface area (Å²) in [5, 5.41) is 11.9. The monoisotopic (exact) mass is 320 g/mol. The van der Waals surface area contributed by atoms with Gasteiger partial charge in [-0.3, -0.25) is 4.79 Å². The number of primary amides is 1. The van der Waals surface area contributed by atoms with Gasteiger partial charge in [0.1, 0.15) is 0 Å². The summed E-state index contributed by atoms with van der Waals surface area (Å²) in [6.07, 6.45) is 0.723. The molecule has 2 rings (SSSR count). The lowest BCUT2D eigenvalue weighted by molar-refractivity contribution is 0.0253. The van der Waals surface area contributed by atoms with Gasteiger partial charge in [-0.1, -0.05) is 19.9 Å². The quantitative estimate of drug-likeness (QED) is 0.772. The molecule has 2 amide bonds. The molecule has 0 bridgehead atoms. The van der Waals surface area contributed by atoms with E-state index in [1.54, 1.807) is 13.2 Å². The minimum absolute atomic E-state index is 0.252. The van der Waals surface area contributed by atoms with Crippen LogP contribution < -0.4 is 11.1 Å². The van der Waals surface area contributed by atoms with Crippen LogP contribution in [-0.4, -0.2) is 36.4 Å². The van der Waals surface area contributed by atoms with E-state index in [1.807, 2.05) is 26.0 Å². The van der Waals surface area contributed by atoms with Crippen molar-refractivity contribution in [1.29, 1.82) is 0 Å². The first kappa shape index (κ1) is 17.3. The van der Waals surface area contributed by atoms with Crippen molar-refractivity contribution in [1.82, 2.24) is 5.32 Å². The summed E-state index contributed by atoms with van der Waals surface area (Å²) >= 11 is 0. The Morgan fingerprint density at radius 2 is 2.04 bits per heavy atom. The van der Waals surface area contributed by atoms with E-state index in [0.29, 0.717) is 12.0 Å². The van der Waals surface area contributed by atoms with Crippen LogP contribution in [0.1, 0.15) is 48.2 Å². The molecular weight excluding hydrogens is 296 g/mol. The number of methoxy groups -OCH3 is 1. The second-order valence-corrected chi connectivity index (χ2v) is 6.00. The number of ether oxygens (including phenoxy) is 1. The van der Waals surface area contributed by atoms with Crippen molar-refractivity contribution in [3.05, 3.63) is 34.9 Å². The van der Waals surface area contributed by atoms with Gasteiger partial charge in [0.2, 0.25) is 5.91 Å². The van der Waals surface area contributed by atoms with Gasteiger partial charge in [0, 0.05) is 24.5 Å². The van der Waals surface area contributed by atoms with Gasteiger partial charge in [-0.25, -0.2) is 4.79 Å². The molecule has 0 fully saturated rings. The first-order valence-electron chi connectivity index (χ1n) is 7.85. The summed E-state index contributed by atoms with van der Waals surface area (Å²) in [6.45, 7) is 4.05. The molecule has 1 aliphatic rings. The van der Waals surface area contributed by atoms with E-state index in [-0.39, 0.29) is 12.1 Å². The number of hydrogen-bond acceptors (Lipinski definition) is 3. The van der Waals surface area contributed by atoms with E-state index in [2.05, 4.69) is 5.32 Å². The number of benzene rings is 1. The van der Waals surface area contributed by atoms with Crippen LogP contribution in [0.25, 0.3) is 0 Å². The molecular formula is C17H24N2O4. The number of nitrogens with two attached hydrogens (primary N) is 1. The Bertz CT molecular complexity index is 611. The summed E-state index contributed by atoms with van der Waals surface area (Å²) in [4.78, 5) is 22.8. The maximum atomic E-state index is 11.5. The molecule has 0 aromatic heterocycles. The smallest absolute Gasteiger partial charge is 0.404 e. The molecule has 1 aromatic carbocycles. The van der Waals surface area contributed by atoms with Crippen molar-refractivity contribution in [2.24, 2.45) is 5.73 Å². The molecule has 4 N–H and O–H groups in total. The number of carbonyl (C=O) groups excluding carboxylic acids is 1. The van der Waals surface area contributed by atoms with Gasteiger partial charge in [-0.05, 0) is 36.1 Å². The molecule has 126 valence electrons. The number of carboxylic acid groups (broad SMARTS) is 1. The summed E-state index contributed by atoms with van der Waals surface area (Å²) in [5.41, 5.74) is 7.50. The molecule has 1 aliphatic carbocycles. The molecule has 0 radical (unpaired) electrons. The van der Waals surface area contributed by atoms with E-state index in [0.717, 1.165) is 24.0 Å². The van der Waals surface area contributed by atoms with E-state index in [4.69, 9.17) is 10.5 Å². The number of rotatable bonds is 5. The fourth-order valence-corrected chi connectivity index (χ4v) is 3.88. The molecule has 2 atom stereocenters. The zero-order valence-corrected chi connectivity index (χ0v) is 13.8. The average Bonchev–Trinajstić information content (AvgIpc) is 2.53. The van der Waals surface area contributed by atoms with Gasteiger partial charge in [0.25, 0.3) is 0 Å². The van der Waals surface area contributed by atoms with Gasteiger partial charge in [0.05, 0.1) is 12.1 Å². The number of hydrogen-bond donors (Lipinski definition) is 3. The SMILES string of the molecule is CCC1(CC)c2cc(C(N)=O)ccc2C[C@@H](OC)[C@H]1NC(=O)O. The Balaban J connectivity index is 2.64. The van der Waals surface area contributed by atoms with Crippen molar-refractivity contribution in [2.75, 3.05) is 7.11 Å². The zero-order valence-electron chi connectivity index (χ0n) is 13.8. The molecule has 6 nitrogen and oxygen atoms in total.